The van der Waals surface area contributed by atoms with Gasteiger partial charge in [0.05, 0.1) is 12.8 Å². The highest BCUT2D eigenvalue weighted by molar-refractivity contribution is 5.77. The van der Waals surface area contributed by atoms with Gasteiger partial charge in [0, 0.05) is 24.5 Å². The van der Waals surface area contributed by atoms with E-state index in [2.05, 4.69) is 15.4 Å². The Morgan fingerprint density at radius 2 is 2.09 bits per heavy atom. The number of rotatable bonds is 6. The highest BCUT2D eigenvalue weighted by Gasteiger charge is 2.07. The van der Waals surface area contributed by atoms with Crippen molar-refractivity contribution in [3.8, 4) is 0 Å². The van der Waals surface area contributed by atoms with Gasteiger partial charge in [-0.2, -0.15) is 5.10 Å². The van der Waals surface area contributed by atoms with Gasteiger partial charge in [0.15, 0.2) is 5.65 Å². The third-order valence-electron chi connectivity index (χ3n) is 3.17. The first-order valence-electron chi connectivity index (χ1n) is 6.98. The minimum absolute atomic E-state index is 0.0293. The van der Waals surface area contributed by atoms with Crippen LogP contribution in [-0.4, -0.2) is 27.1 Å². The van der Waals surface area contributed by atoms with Gasteiger partial charge in [-0.15, -0.1) is 0 Å². The van der Waals surface area contributed by atoms with Crippen molar-refractivity contribution in [2.45, 2.75) is 13.2 Å². The number of carbonyl (C=O) groups is 1. The third-order valence-corrected chi connectivity index (χ3v) is 3.17. The van der Waals surface area contributed by atoms with Crippen LogP contribution in [0.25, 0.3) is 5.65 Å². The van der Waals surface area contributed by atoms with Crippen molar-refractivity contribution in [2.75, 3.05) is 6.61 Å². The summed E-state index contributed by atoms with van der Waals surface area (Å²) in [6.07, 6.45) is 5.22. The molecule has 6 heteroatoms. The highest BCUT2D eigenvalue weighted by Crippen LogP contribution is 2.06. The fourth-order valence-electron chi connectivity index (χ4n) is 2.08. The Balaban J connectivity index is 1.46. The van der Waals surface area contributed by atoms with Gasteiger partial charge >= 0.3 is 0 Å². The van der Waals surface area contributed by atoms with Gasteiger partial charge in [-0.25, -0.2) is 9.50 Å². The first-order valence-corrected chi connectivity index (χ1v) is 6.98. The van der Waals surface area contributed by atoms with Gasteiger partial charge in [0.2, 0.25) is 5.91 Å². The molecule has 6 nitrogen and oxygen atoms in total. The fourth-order valence-corrected chi connectivity index (χ4v) is 2.08. The zero-order chi connectivity index (χ0) is 15.2. The first-order chi connectivity index (χ1) is 10.8. The van der Waals surface area contributed by atoms with Gasteiger partial charge < -0.3 is 10.1 Å². The smallest absolute Gasteiger partial charge is 0.246 e. The summed E-state index contributed by atoms with van der Waals surface area (Å²) < 4.78 is 7.06. The summed E-state index contributed by atoms with van der Waals surface area (Å²) in [4.78, 5) is 16.0. The van der Waals surface area contributed by atoms with E-state index in [1.807, 2.05) is 36.5 Å². The number of ether oxygens (including phenoxy) is 1. The molecule has 22 heavy (non-hydrogen) atoms. The molecule has 0 bridgehead atoms. The molecule has 112 valence electrons. The molecule has 3 rings (SSSR count). The van der Waals surface area contributed by atoms with Crippen molar-refractivity contribution in [1.29, 1.82) is 0 Å². The second-order valence-corrected chi connectivity index (χ2v) is 4.81. The molecule has 2 aromatic heterocycles. The average Bonchev–Trinajstić information content (AvgIpc) is 2.97. The Morgan fingerprint density at radius 1 is 1.23 bits per heavy atom. The molecule has 1 aromatic carbocycles. The summed E-state index contributed by atoms with van der Waals surface area (Å²) in [7, 11) is 0. The van der Waals surface area contributed by atoms with E-state index in [1.165, 1.54) is 0 Å². The Morgan fingerprint density at radius 3 is 2.95 bits per heavy atom. The van der Waals surface area contributed by atoms with Crippen molar-refractivity contribution >= 4 is 11.6 Å². The van der Waals surface area contributed by atoms with Gasteiger partial charge in [0.1, 0.15) is 6.61 Å². The van der Waals surface area contributed by atoms with Crippen LogP contribution >= 0.6 is 0 Å². The summed E-state index contributed by atoms with van der Waals surface area (Å²) >= 11 is 0. The predicted octanol–water partition coefficient (Wildman–Crippen LogP) is 1.56. The van der Waals surface area contributed by atoms with E-state index in [0.29, 0.717) is 13.2 Å². The number of hydrogen-bond acceptors (Lipinski definition) is 4. The molecule has 3 aromatic rings. The van der Waals surface area contributed by atoms with Gasteiger partial charge in [-0.05, 0) is 11.6 Å². The van der Waals surface area contributed by atoms with Crippen LogP contribution in [0.2, 0.25) is 0 Å². The average molecular weight is 296 g/mol. The van der Waals surface area contributed by atoms with Crippen molar-refractivity contribution in [2.24, 2.45) is 0 Å². The van der Waals surface area contributed by atoms with Crippen LogP contribution < -0.4 is 5.32 Å². The normalized spacial score (nSPS) is 10.7. The zero-order valence-electron chi connectivity index (χ0n) is 12.0. The maximum atomic E-state index is 11.8. The maximum absolute atomic E-state index is 11.8. The monoisotopic (exact) mass is 296 g/mol. The van der Waals surface area contributed by atoms with Crippen LogP contribution in [0.4, 0.5) is 0 Å². The maximum Gasteiger partial charge on any atom is 0.246 e. The molecule has 0 spiro atoms. The second kappa shape index (κ2) is 6.82. The van der Waals surface area contributed by atoms with E-state index in [4.69, 9.17) is 4.74 Å². The van der Waals surface area contributed by atoms with E-state index in [0.717, 1.165) is 16.8 Å². The van der Waals surface area contributed by atoms with E-state index < -0.39 is 0 Å². The summed E-state index contributed by atoms with van der Waals surface area (Å²) in [6.45, 7) is 0.835. The first kappa shape index (κ1) is 14.2. The molecular weight excluding hydrogens is 280 g/mol. The molecule has 1 N–H and O–H groups in total. The Kier molecular flexibility index (Phi) is 4.41. The molecule has 0 aliphatic heterocycles. The molecule has 1 amide bonds. The number of fused-ring (bicyclic) bond motifs is 1. The molecule has 0 aliphatic rings. The van der Waals surface area contributed by atoms with Crippen molar-refractivity contribution in [3.63, 3.8) is 0 Å². The number of carbonyl (C=O) groups excluding carboxylic acids is 1. The summed E-state index contributed by atoms with van der Waals surface area (Å²) in [5, 5.41) is 6.98. The molecule has 0 fully saturated rings. The second-order valence-electron chi connectivity index (χ2n) is 4.81. The lowest BCUT2D eigenvalue weighted by atomic mass is 10.2. The molecule has 0 saturated carbocycles. The number of nitrogens with zero attached hydrogens (tertiary/aromatic N) is 3. The molecule has 0 aliphatic carbocycles. The summed E-state index contributed by atoms with van der Waals surface area (Å²) in [6, 6.07) is 11.6. The van der Waals surface area contributed by atoms with E-state index >= 15 is 0 Å². The molecular formula is C16H16N4O2. The zero-order valence-corrected chi connectivity index (χ0v) is 12.0. The van der Waals surface area contributed by atoms with E-state index in [-0.39, 0.29) is 12.5 Å². The van der Waals surface area contributed by atoms with Crippen LogP contribution in [0.15, 0.2) is 55.0 Å². The van der Waals surface area contributed by atoms with Gasteiger partial charge in [0.25, 0.3) is 0 Å². The summed E-state index contributed by atoms with van der Waals surface area (Å²) in [5.41, 5.74) is 2.66. The number of nitrogens with one attached hydrogen (secondary N) is 1. The highest BCUT2D eigenvalue weighted by atomic mass is 16.5. The quantitative estimate of drug-likeness (QED) is 0.749. The lowest BCUT2D eigenvalue weighted by molar-refractivity contribution is -0.126. The van der Waals surface area contributed by atoms with Gasteiger partial charge in [-0.1, -0.05) is 30.3 Å². The number of aromatic nitrogens is 3. The van der Waals surface area contributed by atoms with E-state index in [1.54, 1.807) is 23.0 Å². The van der Waals surface area contributed by atoms with E-state index in [9.17, 15) is 4.79 Å². The largest absolute Gasteiger partial charge is 0.367 e. The van der Waals surface area contributed by atoms with Crippen LogP contribution in [0.3, 0.4) is 0 Å². The Bertz CT molecular complexity index is 755. The number of amides is 1. The Labute approximate surface area is 127 Å². The van der Waals surface area contributed by atoms with Crippen molar-refractivity contribution in [1.82, 2.24) is 19.9 Å². The van der Waals surface area contributed by atoms with Crippen molar-refractivity contribution < 1.29 is 9.53 Å². The minimum atomic E-state index is -0.161. The van der Waals surface area contributed by atoms with Crippen LogP contribution in [0, 0.1) is 0 Å². The molecule has 0 saturated heterocycles. The molecule has 2 heterocycles. The lowest BCUT2D eigenvalue weighted by Crippen LogP contribution is -2.27. The molecule has 0 radical (unpaired) electrons. The van der Waals surface area contributed by atoms with Crippen LogP contribution in [0.1, 0.15) is 11.1 Å². The van der Waals surface area contributed by atoms with Crippen LogP contribution in [0.5, 0.6) is 0 Å². The summed E-state index contributed by atoms with van der Waals surface area (Å²) in [5.74, 6) is -0.161. The topological polar surface area (TPSA) is 68.5 Å². The standard InChI is InChI=1S/C16H16N4O2/c21-15(12-22-11-13-5-2-1-3-6-13)18-9-14-10-19-20-8-4-7-17-16(14)20/h1-8,10H,9,11-12H2,(H,18,21). The fraction of sp³-hybridized carbons (Fsp3) is 0.188. The van der Waals surface area contributed by atoms with Crippen LogP contribution in [-0.2, 0) is 22.7 Å². The number of benzene rings is 1. The Hall–Kier alpha value is -2.73. The van der Waals surface area contributed by atoms with Gasteiger partial charge in [-0.3, -0.25) is 4.79 Å². The minimum Gasteiger partial charge on any atom is -0.367 e. The SMILES string of the molecule is O=C(COCc1ccccc1)NCc1cnn2cccnc12. The third kappa shape index (κ3) is 3.48. The lowest BCUT2D eigenvalue weighted by Gasteiger charge is -2.05. The van der Waals surface area contributed by atoms with Crippen molar-refractivity contribution in [3.05, 3.63) is 66.1 Å². The molecule has 0 atom stereocenters. The predicted molar refractivity (Wildman–Crippen MR) is 80.9 cm³/mol. The number of hydrogen-bond donors (Lipinski definition) is 1. The molecule has 0 unspecified atom stereocenters.